The molecule has 0 unspecified atom stereocenters. The average Bonchev–Trinajstić information content (AvgIpc) is 2.67. The van der Waals surface area contributed by atoms with Crippen LogP contribution in [0.2, 0.25) is 5.02 Å². The van der Waals surface area contributed by atoms with Gasteiger partial charge >= 0.3 is 0 Å². The molecule has 0 fully saturated rings. The molecule has 0 aliphatic carbocycles. The van der Waals surface area contributed by atoms with Gasteiger partial charge in [-0.1, -0.05) is 16.8 Å². The van der Waals surface area contributed by atoms with Gasteiger partial charge in [-0.3, -0.25) is 0 Å². The van der Waals surface area contributed by atoms with Crippen LogP contribution in [0.25, 0.3) is 11.5 Å². The third kappa shape index (κ3) is 2.31. The van der Waals surface area contributed by atoms with E-state index in [4.69, 9.17) is 21.9 Å². The van der Waals surface area contributed by atoms with E-state index in [2.05, 4.69) is 10.1 Å². The van der Waals surface area contributed by atoms with E-state index in [0.29, 0.717) is 28.0 Å². The summed E-state index contributed by atoms with van der Waals surface area (Å²) >= 11 is 7.44. The SMILES string of the molecule is CSCc1noc(-c2ccc(Cl)cc2N)n1. The lowest BCUT2D eigenvalue weighted by atomic mass is 10.2. The van der Waals surface area contributed by atoms with Gasteiger partial charge in [0.1, 0.15) is 0 Å². The van der Waals surface area contributed by atoms with Gasteiger partial charge in [-0.25, -0.2) is 0 Å². The van der Waals surface area contributed by atoms with E-state index in [1.165, 1.54) is 0 Å². The third-order valence-corrected chi connectivity index (χ3v) is 2.77. The summed E-state index contributed by atoms with van der Waals surface area (Å²) in [6.45, 7) is 0. The Morgan fingerprint density at radius 2 is 2.31 bits per heavy atom. The molecule has 84 valence electrons. The Bertz CT molecular complexity index is 501. The summed E-state index contributed by atoms with van der Waals surface area (Å²) in [5.74, 6) is 1.81. The van der Waals surface area contributed by atoms with E-state index in [1.807, 2.05) is 6.26 Å². The molecule has 0 saturated heterocycles. The van der Waals surface area contributed by atoms with Crippen LogP contribution in [0.4, 0.5) is 5.69 Å². The topological polar surface area (TPSA) is 64.9 Å². The van der Waals surface area contributed by atoms with E-state index >= 15 is 0 Å². The number of nitrogens with two attached hydrogens (primary N) is 1. The van der Waals surface area contributed by atoms with Gasteiger partial charge in [0, 0.05) is 10.7 Å². The van der Waals surface area contributed by atoms with Crippen LogP contribution in [0, 0.1) is 0 Å². The number of halogens is 1. The fourth-order valence-electron chi connectivity index (χ4n) is 1.28. The van der Waals surface area contributed by atoms with Crippen molar-refractivity contribution in [3.63, 3.8) is 0 Å². The number of hydrogen-bond donors (Lipinski definition) is 1. The van der Waals surface area contributed by atoms with Crippen LogP contribution in [0.15, 0.2) is 22.7 Å². The molecule has 0 radical (unpaired) electrons. The molecule has 4 nitrogen and oxygen atoms in total. The van der Waals surface area contributed by atoms with E-state index in [1.54, 1.807) is 30.0 Å². The Morgan fingerprint density at radius 3 is 3.00 bits per heavy atom. The number of nitrogen functional groups attached to an aromatic ring is 1. The zero-order valence-corrected chi connectivity index (χ0v) is 10.2. The quantitative estimate of drug-likeness (QED) is 0.855. The largest absolute Gasteiger partial charge is 0.398 e. The zero-order chi connectivity index (χ0) is 11.5. The van der Waals surface area contributed by atoms with Crippen molar-refractivity contribution < 1.29 is 4.52 Å². The number of aromatic nitrogens is 2. The number of rotatable bonds is 3. The molecule has 0 atom stereocenters. The molecule has 0 aliphatic rings. The fourth-order valence-corrected chi connectivity index (χ4v) is 1.84. The maximum atomic E-state index is 5.82. The van der Waals surface area contributed by atoms with Crippen LogP contribution >= 0.6 is 23.4 Å². The van der Waals surface area contributed by atoms with Crippen molar-refractivity contribution in [2.45, 2.75) is 5.75 Å². The Kier molecular flexibility index (Phi) is 3.36. The lowest BCUT2D eigenvalue weighted by Gasteiger charge is -1.99. The number of anilines is 1. The van der Waals surface area contributed by atoms with Gasteiger partial charge in [-0.05, 0) is 24.5 Å². The van der Waals surface area contributed by atoms with Crippen LogP contribution in [0.1, 0.15) is 5.82 Å². The van der Waals surface area contributed by atoms with E-state index in [-0.39, 0.29) is 0 Å². The van der Waals surface area contributed by atoms with Crippen molar-refractivity contribution in [3.8, 4) is 11.5 Å². The lowest BCUT2D eigenvalue weighted by Crippen LogP contribution is -1.90. The van der Waals surface area contributed by atoms with Crippen LogP contribution in [0.5, 0.6) is 0 Å². The van der Waals surface area contributed by atoms with E-state index in [9.17, 15) is 0 Å². The van der Waals surface area contributed by atoms with Crippen LogP contribution in [-0.2, 0) is 5.75 Å². The molecule has 6 heteroatoms. The highest BCUT2D eigenvalue weighted by Crippen LogP contribution is 2.27. The summed E-state index contributed by atoms with van der Waals surface area (Å²) in [7, 11) is 0. The number of hydrogen-bond acceptors (Lipinski definition) is 5. The molecular weight excluding hydrogens is 246 g/mol. The highest BCUT2D eigenvalue weighted by Gasteiger charge is 2.11. The summed E-state index contributed by atoms with van der Waals surface area (Å²) < 4.78 is 5.13. The Labute approximate surface area is 102 Å². The van der Waals surface area contributed by atoms with Crippen molar-refractivity contribution in [1.29, 1.82) is 0 Å². The molecule has 2 rings (SSSR count). The van der Waals surface area contributed by atoms with Crippen LogP contribution < -0.4 is 5.73 Å². The first-order valence-electron chi connectivity index (χ1n) is 4.57. The normalized spacial score (nSPS) is 10.6. The van der Waals surface area contributed by atoms with Crippen molar-refractivity contribution in [2.75, 3.05) is 12.0 Å². The Morgan fingerprint density at radius 1 is 1.50 bits per heavy atom. The second-order valence-electron chi connectivity index (χ2n) is 3.18. The Hall–Kier alpha value is -1.20. The van der Waals surface area contributed by atoms with Gasteiger partial charge < -0.3 is 10.3 Å². The molecule has 16 heavy (non-hydrogen) atoms. The minimum absolute atomic E-state index is 0.429. The van der Waals surface area contributed by atoms with Crippen molar-refractivity contribution >= 4 is 29.1 Å². The minimum atomic E-state index is 0.429. The fraction of sp³-hybridized carbons (Fsp3) is 0.200. The van der Waals surface area contributed by atoms with Gasteiger partial charge in [0.15, 0.2) is 5.82 Å². The molecule has 0 amide bonds. The average molecular weight is 256 g/mol. The third-order valence-electron chi connectivity index (χ3n) is 1.99. The molecule has 1 aromatic heterocycles. The number of nitrogens with zero attached hydrogens (tertiary/aromatic N) is 2. The second kappa shape index (κ2) is 4.76. The molecule has 1 aromatic carbocycles. The van der Waals surface area contributed by atoms with E-state index in [0.717, 1.165) is 5.75 Å². The molecule has 0 aliphatic heterocycles. The van der Waals surface area contributed by atoms with Gasteiger partial charge in [0.05, 0.1) is 11.3 Å². The monoisotopic (exact) mass is 255 g/mol. The summed E-state index contributed by atoms with van der Waals surface area (Å²) in [5.41, 5.74) is 7.07. The lowest BCUT2D eigenvalue weighted by molar-refractivity contribution is 0.425. The molecular formula is C10H10ClN3OS. The summed E-state index contributed by atoms with van der Waals surface area (Å²) in [4.78, 5) is 4.24. The Balaban J connectivity index is 2.35. The summed E-state index contributed by atoms with van der Waals surface area (Å²) in [5, 5.41) is 4.44. The first-order valence-corrected chi connectivity index (χ1v) is 6.35. The van der Waals surface area contributed by atoms with Gasteiger partial charge in [0.25, 0.3) is 5.89 Å². The van der Waals surface area contributed by atoms with Crippen LogP contribution in [-0.4, -0.2) is 16.4 Å². The van der Waals surface area contributed by atoms with Gasteiger partial charge in [0.2, 0.25) is 0 Å². The van der Waals surface area contributed by atoms with Gasteiger partial charge in [-0.2, -0.15) is 16.7 Å². The molecule has 1 heterocycles. The van der Waals surface area contributed by atoms with Crippen molar-refractivity contribution in [3.05, 3.63) is 29.0 Å². The molecule has 0 spiro atoms. The molecule has 2 aromatic rings. The molecule has 0 bridgehead atoms. The summed E-state index contributed by atoms with van der Waals surface area (Å²) in [6, 6.07) is 5.18. The zero-order valence-electron chi connectivity index (χ0n) is 8.61. The van der Waals surface area contributed by atoms with Crippen molar-refractivity contribution in [2.24, 2.45) is 0 Å². The highest BCUT2D eigenvalue weighted by atomic mass is 35.5. The molecule has 2 N–H and O–H groups in total. The second-order valence-corrected chi connectivity index (χ2v) is 4.48. The van der Waals surface area contributed by atoms with Crippen molar-refractivity contribution in [1.82, 2.24) is 10.1 Å². The first kappa shape index (κ1) is 11.3. The van der Waals surface area contributed by atoms with Gasteiger partial charge in [-0.15, -0.1) is 0 Å². The predicted octanol–water partition coefficient (Wildman–Crippen LogP) is 2.84. The maximum absolute atomic E-state index is 5.82. The first-order chi connectivity index (χ1) is 7.70. The summed E-state index contributed by atoms with van der Waals surface area (Å²) in [6.07, 6.45) is 1.98. The number of benzene rings is 1. The van der Waals surface area contributed by atoms with Crippen LogP contribution in [0.3, 0.4) is 0 Å². The predicted molar refractivity (Wildman–Crippen MR) is 66.4 cm³/mol. The number of thioether (sulfide) groups is 1. The highest BCUT2D eigenvalue weighted by molar-refractivity contribution is 7.97. The minimum Gasteiger partial charge on any atom is -0.398 e. The smallest absolute Gasteiger partial charge is 0.260 e. The standard InChI is InChI=1S/C10H10ClN3OS/c1-16-5-9-13-10(15-14-9)7-3-2-6(11)4-8(7)12/h2-4H,5,12H2,1H3. The van der Waals surface area contributed by atoms with E-state index < -0.39 is 0 Å². The molecule has 0 saturated carbocycles. The maximum Gasteiger partial charge on any atom is 0.260 e.